The number of rotatable bonds is 6. The molecule has 5 nitrogen and oxygen atoms in total. The SMILES string of the molecule is CC(C)n1ccc(CN[C@](C)(C(N)=O)C(C)C)n1. The number of carbonyl (C=O) groups is 1. The largest absolute Gasteiger partial charge is 0.368 e. The number of nitrogens with zero attached hydrogens (tertiary/aromatic N) is 2. The molecule has 1 amide bonds. The average Bonchev–Trinajstić information content (AvgIpc) is 2.73. The quantitative estimate of drug-likeness (QED) is 0.805. The molecule has 3 N–H and O–H groups in total. The van der Waals surface area contributed by atoms with Gasteiger partial charge in [0.2, 0.25) is 5.91 Å². The van der Waals surface area contributed by atoms with Crippen molar-refractivity contribution in [1.29, 1.82) is 0 Å². The molecule has 0 aliphatic rings. The highest BCUT2D eigenvalue weighted by atomic mass is 16.1. The van der Waals surface area contributed by atoms with Gasteiger partial charge in [-0.05, 0) is 32.8 Å². The Morgan fingerprint density at radius 3 is 2.50 bits per heavy atom. The molecule has 0 radical (unpaired) electrons. The monoisotopic (exact) mass is 252 g/mol. The molecule has 18 heavy (non-hydrogen) atoms. The Balaban J connectivity index is 2.70. The fourth-order valence-corrected chi connectivity index (χ4v) is 1.61. The van der Waals surface area contributed by atoms with Crippen LogP contribution in [-0.2, 0) is 11.3 Å². The molecule has 0 saturated heterocycles. The Hall–Kier alpha value is -1.36. The average molecular weight is 252 g/mol. The van der Waals surface area contributed by atoms with Gasteiger partial charge in [0.25, 0.3) is 0 Å². The van der Waals surface area contributed by atoms with Crippen LogP contribution < -0.4 is 11.1 Å². The van der Waals surface area contributed by atoms with Crippen molar-refractivity contribution < 1.29 is 4.79 Å². The lowest BCUT2D eigenvalue weighted by molar-refractivity contribution is -0.125. The normalized spacial score (nSPS) is 15.1. The van der Waals surface area contributed by atoms with Crippen LogP contribution in [0.5, 0.6) is 0 Å². The van der Waals surface area contributed by atoms with Crippen LogP contribution in [0.15, 0.2) is 12.3 Å². The van der Waals surface area contributed by atoms with Gasteiger partial charge in [0.1, 0.15) is 0 Å². The number of nitrogens with two attached hydrogens (primary N) is 1. The Bertz CT molecular complexity index is 411. The van der Waals surface area contributed by atoms with Gasteiger partial charge in [-0.25, -0.2) is 0 Å². The number of hydrogen-bond acceptors (Lipinski definition) is 3. The van der Waals surface area contributed by atoms with Crippen molar-refractivity contribution in [3.63, 3.8) is 0 Å². The van der Waals surface area contributed by atoms with E-state index in [4.69, 9.17) is 5.73 Å². The van der Waals surface area contributed by atoms with E-state index in [2.05, 4.69) is 24.3 Å². The second-order valence-corrected chi connectivity index (χ2v) is 5.46. The van der Waals surface area contributed by atoms with Gasteiger partial charge in [0.05, 0.1) is 11.2 Å². The first kappa shape index (κ1) is 14.7. The lowest BCUT2D eigenvalue weighted by Crippen LogP contribution is -2.56. The molecule has 0 aliphatic carbocycles. The maximum Gasteiger partial charge on any atom is 0.237 e. The molecular formula is C13H24N4O. The van der Waals surface area contributed by atoms with Gasteiger partial charge in [0, 0.05) is 18.8 Å². The van der Waals surface area contributed by atoms with E-state index in [1.54, 1.807) is 0 Å². The molecule has 1 atom stereocenters. The molecule has 0 spiro atoms. The first-order valence-corrected chi connectivity index (χ1v) is 6.36. The number of nitrogens with one attached hydrogen (secondary N) is 1. The summed E-state index contributed by atoms with van der Waals surface area (Å²) in [6.07, 6.45) is 1.94. The zero-order valence-corrected chi connectivity index (χ0v) is 11.9. The van der Waals surface area contributed by atoms with Crippen LogP contribution in [0.1, 0.15) is 46.4 Å². The van der Waals surface area contributed by atoms with Gasteiger partial charge < -0.3 is 5.73 Å². The van der Waals surface area contributed by atoms with Crippen LogP contribution >= 0.6 is 0 Å². The molecule has 0 saturated carbocycles. The van der Waals surface area contributed by atoms with Crippen LogP contribution in [0.25, 0.3) is 0 Å². The number of aromatic nitrogens is 2. The number of hydrogen-bond donors (Lipinski definition) is 2. The molecule has 102 valence electrons. The molecule has 0 unspecified atom stereocenters. The van der Waals surface area contributed by atoms with Gasteiger partial charge in [-0.3, -0.25) is 14.8 Å². The lowest BCUT2D eigenvalue weighted by atomic mass is 9.87. The molecule has 1 aromatic rings. The molecule has 5 heteroatoms. The summed E-state index contributed by atoms with van der Waals surface area (Å²) in [7, 11) is 0. The van der Waals surface area contributed by atoms with Crippen LogP contribution in [0.4, 0.5) is 0 Å². The summed E-state index contributed by atoms with van der Waals surface area (Å²) in [6, 6.07) is 2.29. The van der Waals surface area contributed by atoms with Crippen LogP contribution in [-0.4, -0.2) is 21.2 Å². The zero-order valence-electron chi connectivity index (χ0n) is 11.9. The molecule has 1 heterocycles. The molecule has 0 aliphatic heterocycles. The Morgan fingerprint density at radius 2 is 2.11 bits per heavy atom. The van der Waals surface area contributed by atoms with E-state index in [1.165, 1.54) is 0 Å². The number of carbonyl (C=O) groups excluding carboxylic acids is 1. The Labute approximate surface area is 109 Å². The summed E-state index contributed by atoms with van der Waals surface area (Å²) < 4.78 is 1.90. The van der Waals surface area contributed by atoms with E-state index >= 15 is 0 Å². The van der Waals surface area contributed by atoms with Gasteiger partial charge in [-0.1, -0.05) is 13.8 Å². The minimum Gasteiger partial charge on any atom is -0.368 e. The second kappa shape index (κ2) is 5.52. The van der Waals surface area contributed by atoms with Gasteiger partial charge in [-0.2, -0.15) is 5.10 Å². The summed E-state index contributed by atoms with van der Waals surface area (Å²) in [4.78, 5) is 11.5. The predicted molar refractivity (Wildman–Crippen MR) is 71.9 cm³/mol. The van der Waals surface area contributed by atoms with E-state index in [-0.39, 0.29) is 11.8 Å². The molecular weight excluding hydrogens is 228 g/mol. The highest BCUT2D eigenvalue weighted by molar-refractivity contribution is 5.84. The molecule has 0 bridgehead atoms. The third-order valence-electron chi connectivity index (χ3n) is 3.50. The van der Waals surface area contributed by atoms with Crippen molar-refractivity contribution in [3.8, 4) is 0 Å². The van der Waals surface area contributed by atoms with Crippen molar-refractivity contribution in [2.45, 2.75) is 52.7 Å². The fourth-order valence-electron chi connectivity index (χ4n) is 1.61. The van der Waals surface area contributed by atoms with Crippen LogP contribution in [0.3, 0.4) is 0 Å². The maximum absolute atomic E-state index is 11.5. The van der Waals surface area contributed by atoms with E-state index in [0.717, 1.165) is 5.69 Å². The smallest absolute Gasteiger partial charge is 0.237 e. The fraction of sp³-hybridized carbons (Fsp3) is 0.692. The van der Waals surface area contributed by atoms with Crippen molar-refractivity contribution in [2.75, 3.05) is 0 Å². The summed E-state index contributed by atoms with van der Waals surface area (Å²) >= 11 is 0. The van der Waals surface area contributed by atoms with Crippen molar-refractivity contribution in [2.24, 2.45) is 11.7 Å². The third-order valence-corrected chi connectivity index (χ3v) is 3.50. The first-order chi connectivity index (χ1) is 8.27. The summed E-state index contributed by atoms with van der Waals surface area (Å²) in [5, 5.41) is 7.65. The van der Waals surface area contributed by atoms with Crippen LogP contribution in [0.2, 0.25) is 0 Å². The van der Waals surface area contributed by atoms with Gasteiger partial charge >= 0.3 is 0 Å². The van der Waals surface area contributed by atoms with E-state index in [9.17, 15) is 4.79 Å². The van der Waals surface area contributed by atoms with E-state index < -0.39 is 5.54 Å². The van der Waals surface area contributed by atoms with Crippen molar-refractivity contribution >= 4 is 5.91 Å². The highest BCUT2D eigenvalue weighted by Gasteiger charge is 2.34. The maximum atomic E-state index is 11.5. The van der Waals surface area contributed by atoms with Crippen molar-refractivity contribution in [3.05, 3.63) is 18.0 Å². The first-order valence-electron chi connectivity index (χ1n) is 6.36. The molecule has 1 aromatic heterocycles. The minimum absolute atomic E-state index is 0.127. The molecule has 1 rings (SSSR count). The van der Waals surface area contributed by atoms with E-state index in [0.29, 0.717) is 12.6 Å². The molecule has 0 fully saturated rings. The number of amides is 1. The predicted octanol–water partition coefficient (Wildman–Crippen LogP) is 1.45. The topological polar surface area (TPSA) is 72.9 Å². The Kier molecular flexibility index (Phi) is 4.51. The summed E-state index contributed by atoms with van der Waals surface area (Å²) in [5.41, 5.74) is 5.67. The summed E-state index contributed by atoms with van der Waals surface area (Å²) in [5.74, 6) is -0.206. The number of primary amides is 1. The standard InChI is InChI=1S/C13H24N4O/c1-9(2)13(5,12(14)18)15-8-11-6-7-17(16-11)10(3)4/h6-7,9-10,15H,8H2,1-5H3,(H2,14,18)/t13-/m0/s1. The molecule has 0 aromatic carbocycles. The van der Waals surface area contributed by atoms with Crippen LogP contribution in [0, 0.1) is 5.92 Å². The van der Waals surface area contributed by atoms with Crippen molar-refractivity contribution in [1.82, 2.24) is 15.1 Å². The lowest BCUT2D eigenvalue weighted by Gasteiger charge is -2.31. The van der Waals surface area contributed by atoms with E-state index in [1.807, 2.05) is 37.7 Å². The zero-order chi connectivity index (χ0) is 13.9. The van der Waals surface area contributed by atoms with Gasteiger partial charge in [0.15, 0.2) is 0 Å². The second-order valence-electron chi connectivity index (χ2n) is 5.46. The Morgan fingerprint density at radius 1 is 1.50 bits per heavy atom. The van der Waals surface area contributed by atoms with Gasteiger partial charge in [-0.15, -0.1) is 0 Å². The summed E-state index contributed by atoms with van der Waals surface area (Å²) in [6.45, 7) is 10.5. The highest BCUT2D eigenvalue weighted by Crippen LogP contribution is 2.16. The third kappa shape index (κ3) is 3.10. The minimum atomic E-state index is -0.707.